The summed E-state index contributed by atoms with van der Waals surface area (Å²) < 4.78 is 0. The lowest BCUT2D eigenvalue weighted by Gasteiger charge is -2.32. The molecule has 1 aromatic rings. The smallest absolute Gasteiger partial charge is 0.253 e. The van der Waals surface area contributed by atoms with Gasteiger partial charge in [-0.1, -0.05) is 26.0 Å². The van der Waals surface area contributed by atoms with Gasteiger partial charge in [-0.15, -0.1) is 12.4 Å². The van der Waals surface area contributed by atoms with Crippen molar-refractivity contribution in [3.8, 4) is 0 Å². The van der Waals surface area contributed by atoms with E-state index < -0.39 is 0 Å². The van der Waals surface area contributed by atoms with Crippen molar-refractivity contribution in [3.63, 3.8) is 0 Å². The lowest BCUT2D eigenvalue weighted by atomic mass is 10.1. The van der Waals surface area contributed by atoms with Crippen LogP contribution in [0.2, 0.25) is 0 Å². The quantitative estimate of drug-likeness (QED) is 0.807. The van der Waals surface area contributed by atoms with E-state index in [9.17, 15) is 9.59 Å². The van der Waals surface area contributed by atoms with Gasteiger partial charge in [0.2, 0.25) is 5.91 Å². The fourth-order valence-corrected chi connectivity index (χ4v) is 4.00. The Bertz CT molecular complexity index is 659. The number of hydrogen-bond acceptors (Lipinski definition) is 4. The molecule has 1 unspecified atom stereocenters. The van der Waals surface area contributed by atoms with Crippen LogP contribution in [0.1, 0.15) is 36.2 Å². The minimum atomic E-state index is -0.00495. The first kappa shape index (κ1) is 22.7. The highest BCUT2D eigenvalue weighted by Crippen LogP contribution is 2.19. The third-order valence-electron chi connectivity index (χ3n) is 5.61. The van der Waals surface area contributed by atoms with Gasteiger partial charge in [-0.3, -0.25) is 14.5 Å². The number of rotatable bonds is 5. The molecular weight excluding hydrogens is 376 g/mol. The van der Waals surface area contributed by atoms with Crippen molar-refractivity contribution in [2.45, 2.75) is 32.9 Å². The molecule has 2 amide bonds. The number of hydrogen-bond donors (Lipinski definition) is 1. The van der Waals surface area contributed by atoms with E-state index in [0.717, 1.165) is 56.8 Å². The highest BCUT2D eigenvalue weighted by Gasteiger charge is 2.31. The molecule has 0 aliphatic carbocycles. The second-order valence-corrected chi connectivity index (χ2v) is 8.03. The van der Waals surface area contributed by atoms with Crippen LogP contribution in [0.4, 0.5) is 0 Å². The lowest BCUT2D eigenvalue weighted by Crippen LogP contribution is -2.49. The van der Waals surface area contributed by atoms with Crippen LogP contribution in [0.3, 0.4) is 0 Å². The fourth-order valence-electron chi connectivity index (χ4n) is 4.00. The van der Waals surface area contributed by atoms with E-state index in [1.807, 2.05) is 50.1 Å². The summed E-state index contributed by atoms with van der Waals surface area (Å²) in [4.78, 5) is 31.1. The van der Waals surface area contributed by atoms with E-state index in [0.29, 0.717) is 12.6 Å². The highest BCUT2D eigenvalue weighted by molar-refractivity contribution is 5.94. The zero-order valence-electron chi connectivity index (χ0n) is 17.2. The number of amides is 2. The summed E-state index contributed by atoms with van der Waals surface area (Å²) in [5.41, 5.74) is 1.78. The zero-order valence-corrected chi connectivity index (χ0v) is 18.0. The molecule has 0 saturated carbocycles. The number of nitrogens with zero attached hydrogens (tertiary/aromatic N) is 3. The summed E-state index contributed by atoms with van der Waals surface area (Å²) in [6.45, 7) is 10.3. The SMILES string of the molecule is CC(C)C(=O)N(C)Cc1ccc(C(=O)N2CCC(N3CCNCC3)C2)cc1.Cl. The number of carbonyl (C=O) groups is 2. The van der Waals surface area contributed by atoms with Crippen LogP contribution in [0.5, 0.6) is 0 Å². The molecule has 2 aliphatic rings. The minimum absolute atomic E-state index is 0. The van der Waals surface area contributed by atoms with E-state index in [2.05, 4.69) is 10.2 Å². The van der Waals surface area contributed by atoms with Crippen LogP contribution < -0.4 is 5.32 Å². The Balaban J connectivity index is 0.00000280. The van der Waals surface area contributed by atoms with Crippen molar-refractivity contribution >= 4 is 24.2 Å². The van der Waals surface area contributed by atoms with E-state index in [-0.39, 0.29) is 30.1 Å². The molecule has 2 heterocycles. The first-order valence-electron chi connectivity index (χ1n) is 10.0. The number of likely N-dealkylation sites (tertiary alicyclic amines) is 1. The summed E-state index contributed by atoms with van der Waals surface area (Å²) in [6.07, 6.45) is 1.06. The molecule has 2 saturated heterocycles. The Morgan fingerprint density at radius 1 is 1.14 bits per heavy atom. The first-order valence-corrected chi connectivity index (χ1v) is 10.0. The van der Waals surface area contributed by atoms with Crippen molar-refractivity contribution in [1.82, 2.24) is 20.0 Å². The average Bonchev–Trinajstić information content (AvgIpc) is 3.18. The fraction of sp³-hybridized carbons (Fsp3) is 0.619. The molecule has 156 valence electrons. The van der Waals surface area contributed by atoms with Gasteiger partial charge in [0.1, 0.15) is 0 Å². The molecule has 7 heteroatoms. The van der Waals surface area contributed by atoms with Gasteiger partial charge in [0.05, 0.1) is 0 Å². The Labute approximate surface area is 174 Å². The highest BCUT2D eigenvalue weighted by atomic mass is 35.5. The summed E-state index contributed by atoms with van der Waals surface area (Å²) in [7, 11) is 1.82. The van der Waals surface area contributed by atoms with Crippen LogP contribution >= 0.6 is 12.4 Å². The molecule has 6 nitrogen and oxygen atoms in total. The molecule has 28 heavy (non-hydrogen) atoms. The standard InChI is InChI=1S/C21H32N4O2.ClH/c1-16(2)20(26)23(3)14-17-4-6-18(7-5-17)21(27)25-11-8-19(15-25)24-12-9-22-10-13-24;/h4-7,16,19,22H,8-15H2,1-3H3;1H. The monoisotopic (exact) mass is 408 g/mol. The number of nitrogens with one attached hydrogen (secondary N) is 1. The van der Waals surface area contributed by atoms with E-state index in [1.165, 1.54) is 0 Å². The van der Waals surface area contributed by atoms with Gasteiger partial charge in [-0.25, -0.2) is 0 Å². The summed E-state index contributed by atoms with van der Waals surface area (Å²) in [6, 6.07) is 8.20. The second-order valence-electron chi connectivity index (χ2n) is 8.03. The van der Waals surface area contributed by atoms with Gasteiger partial charge in [-0.05, 0) is 24.1 Å². The van der Waals surface area contributed by atoms with Gasteiger partial charge < -0.3 is 15.1 Å². The maximum atomic E-state index is 12.8. The van der Waals surface area contributed by atoms with Crippen molar-refractivity contribution < 1.29 is 9.59 Å². The zero-order chi connectivity index (χ0) is 19.4. The van der Waals surface area contributed by atoms with Gasteiger partial charge >= 0.3 is 0 Å². The molecule has 0 aromatic heterocycles. The van der Waals surface area contributed by atoms with Crippen LogP contribution in [0.25, 0.3) is 0 Å². The Morgan fingerprint density at radius 3 is 2.39 bits per heavy atom. The van der Waals surface area contributed by atoms with Gasteiger partial charge in [0, 0.05) is 70.4 Å². The molecule has 2 aliphatic heterocycles. The topological polar surface area (TPSA) is 55.9 Å². The molecule has 3 rings (SSSR count). The molecule has 1 N–H and O–H groups in total. The lowest BCUT2D eigenvalue weighted by molar-refractivity contribution is -0.133. The minimum Gasteiger partial charge on any atom is -0.341 e. The summed E-state index contributed by atoms with van der Waals surface area (Å²) in [5.74, 6) is 0.242. The van der Waals surface area contributed by atoms with Gasteiger partial charge in [0.25, 0.3) is 5.91 Å². The molecule has 1 atom stereocenters. The van der Waals surface area contributed by atoms with Crippen LogP contribution in [0.15, 0.2) is 24.3 Å². The van der Waals surface area contributed by atoms with Gasteiger partial charge in [-0.2, -0.15) is 0 Å². The molecule has 0 radical (unpaired) electrons. The second kappa shape index (κ2) is 10.2. The molecule has 0 bridgehead atoms. The van der Waals surface area contributed by atoms with Crippen LogP contribution in [-0.2, 0) is 11.3 Å². The molecule has 1 aromatic carbocycles. The van der Waals surface area contributed by atoms with E-state index in [4.69, 9.17) is 0 Å². The predicted molar refractivity (Wildman–Crippen MR) is 114 cm³/mol. The Kier molecular flexibility index (Phi) is 8.28. The van der Waals surface area contributed by atoms with E-state index >= 15 is 0 Å². The van der Waals surface area contributed by atoms with Crippen molar-refractivity contribution in [2.75, 3.05) is 46.3 Å². The van der Waals surface area contributed by atoms with Gasteiger partial charge in [0.15, 0.2) is 0 Å². The maximum absolute atomic E-state index is 12.8. The largest absolute Gasteiger partial charge is 0.341 e. The van der Waals surface area contributed by atoms with Crippen molar-refractivity contribution in [1.29, 1.82) is 0 Å². The number of piperazine rings is 1. The number of benzene rings is 1. The molecule has 2 fully saturated rings. The average molecular weight is 409 g/mol. The first-order chi connectivity index (χ1) is 13.0. The summed E-state index contributed by atoms with van der Waals surface area (Å²) in [5, 5.41) is 3.38. The number of carbonyl (C=O) groups excluding carboxylic acids is 2. The maximum Gasteiger partial charge on any atom is 0.253 e. The Hall–Kier alpha value is -1.63. The predicted octanol–water partition coefficient (Wildman–Crippen LogP) is 1.84. The third kappa shape index (κ3) is 5.46. The Morgan fingerprint density at radius 2 is 1.79 bits per heavy atom. The third-order valence-corrected chi connectivity index (χ3v) is 5.61. The van der Waals surface area contributed by atoms with Crippen molar-refractivity contribution in [3.05, 3.63) is 35.4 Å². The molecule has 0 spiro atoms. The van der Waals surface area contributed by atoms with Crippen LogP contribution in [0, 0.1) is 5.92 Å². The van der Waals surface area contributed by atoms with Crippen LogP contribution in [-0.4, -0.2) is 78.9 Å². The number of halogens is 1. The molecular formula is C21H33ClN4O2. The summed E-state index contributed by atoms with van der Waals surface area (Å²) >= 11 is 0. The normalized spacial score (nSPS) is 20.1. The van der Waals surface area contributed by atoms with Crippen molar-refractivity contribution in [2.24, 2.45) is 5.92 Å². The van der Waals surface area contributed by atoms with E-state index in [1.54, 1.807) is 4.90 Å².